The van der Waals surface area contributed by atoms with Crippen molar-refractivity contribution in [2.24, 2.45) is 11.8 Å². The largest absolute Gasteiger partial charge is 0.481 e. The molecule has 1 aliphatic carbocycles. The highest BCUT2D eigenvalue weighted by atomic mass is 16.6. The Hall–Kier alpha value is -1.06. The van der Waals surface area contributed by atoms with Crippen LogP contribution in [0.4, 0.5) is 0 Å². The van der Waals surface area contributed by atoms with Crippen molar-refractivity contribution in [3.05, 3.63) is 0 Å². The molecule has 1 fully saturated rings. The monoisotopic (exact) mass is 228 g/mol. The van der Waals surface area contributed by atoms with Crippen LogP contribution >= 0.6 is 0 Å². The van der Waals surface area contributed by atoms with Gasteiger partial charge in [0, 0.05) is 0 Å². The van der Waals surface area contributed by atoms with Gasteiger partial charge in [0.2, 0.25) is 0 Å². The van der Waals surface area contributed by atoms with E-state index in [4.69, 9.17) is 9.84 Å². The number of carboxylic acids is 1. The molecule has 0 spiro atoms. The zero-order valence-corrected chi connectivity index (χ0v) is 10.2. The van der Waals surface area contributed by atoms with Gasteiger partial charge in [-0.15, -0.1) is 0 Å². The molecule has 2 atom stereocenters. The third kappa shape index (κ3) is 3.83. The van der Waals surface area contributed by atoms with E-state index >= 15 is 0 Å². The zero-order chi connectivity index (χ0) is 12.3. The highest BCUT2D eigenvalue weighted by molar-refractivity contribution is 5.75. The predicted octanol–water partition coefficient (Wildman–Crippen LogP) is 2.22. The Morgan fingerprint density at radius 2 is 1.75 bits per heavy atom. The highest BCUT2D eigenvalue weighted by Crippen LogP contribution is 2.30. The van der Waals surface area contributed by atoms with Crippen LogP contribution in [0.2, 0.25) is 0 Å². The molecule has 0 heterocycles. The summed E-state index contributed by atoms with van der Waals surface area (Å²) in [6.45, 7) is 5.47. The highest BCUT2D eigenvalue weighted by Gasteiger charge is 2.33. The van der Waals surface area contributed by atoms with Crippen molar-refractivity contribution in [2.75, 3.05) is 0 Å². The first-order valence-corrected chi connectivity index (χ1v) is 5.75. The van der Waals surface area contributed by atoms with Crippen molar-refractivity contribution in [1.82, 2.24) is 0 Å². The first kappa shape index (κ1) is 13.0. The van der Waals surface area contributed by atoms with Gasteiger partial charge in [-0.3, -0.25) is 9.59 Å². The van der Waals surface area contributed by atoms with E-state index in [1.807, 2.05) is 20.8 Å². The fourth-order valence-corrected chi connectivity index (χ4v) is 2.01. The summed E-state index contributed by atoms with van der Waals surface area (Å²) in [7, 11) is 0. The van der Waals surface area contributed by atoms with Crippen molar-refractivity contribution in [1.29, 1.82) is 0 Å². The molecule has 0 amide bonds. The fourth-order valence-electron chi connectivity index (χ4n) is 2.01. The van der Waals surface area contributed by atoms with Gasteiger partial charge in [0.15, 0.2) is 0 Å². The maximum Gasteiger partial charge on any atom is 0.309 e. The third-order valence-corrected chi connectivity index (χ3v) is 2.76. The Balaban J connectivity index is 2.54. The van der Waals surface area contributed by atoms with Crippen LogP contribution in [-0.2, 0) is 14.3 Å². The molecule has 0 unspecified atom stereocenters. The minimum Gasteiger partial charge on any atom is -0.481 e. The van der Waals surface area contributed by atoms with Gasteiger partial charge in [-0.25, -0.2) is 0 Å². The average molecular weight is 228 g/mol. The van der Waals surface area contributed by atoms with E-state index in [0.29, 0.717) is 12.8 Å². The molecule has 0 aliphatic heterocycles. The Morgan fingerprint density at radius 3 is 2.25 bits per heavy atom. The van der Waals surface area contributed by atoms with E-state index in [1.54, 1.807) is 0 Å². The van der Waals surface area contributed by atoms with Gasteiger partial charge >= 0.3 is 11.9 Å². The lowest BCUT2D eigenvalue weighted by atomic mass is 9.81. The summed E-state index contributed by atoms with van der Waals surface area (Å²) < 4.78 is 5.27. The van der Waals surface area contributed by atoms with Crippen LogP contribution in [0.5, 0.6) is 0 Å². The molecule has 0 saturated heterocycles. The van der Waals surface area contributed by atoms with Crippen LogP contribution < -0.4 is 0 Å². The van der Waals surface area contributed by atoms with Crippen LogP contribution in [-0.4, -0.2) is 22.6 Å². The predicted molar refractivity (Wildman–Crippen MR) is 58.9 cm³/mol. The fraction of sp³-hybridized carbons (Fsp3) is 0.833. The van der Waals surface area contributed by atoms with E-state index in [-0.39, 0.29) is 17.8 Å². The normalized spacial score (nSPS) is 26.2. The van der Waals surface area contributed by atoms with Gasteiger partial charge in [0.1, 0.15) is 5.60 Å². The van der Waals surface area contributed by atoms with Gasteiger partial charge < -0.3 is 9.84 Å². The molecule has 16 heavy (non-hydrogen) atoms. The van der Waals surface area contributed by atoms with E-state index in [1.165, 1.54) is 0 Å². The summed E-state index contributed by atoms with van der Waals surface area (Å²) in [6, 6.07) is 0. The van der Waals surface area contributed by atoms with Crippen LogP contribution in [0.25, 0.3) is 0 Å². The van der Waals surface area contributed by atoms with Crippen LogP contribution in [0.15, 0.2) is 0 Å². The summed E-state index contributed by atoms with van der Waals surface area (Å²) in [6.07, 6.45) is 2.64. The summed E-state index contributed by atoms with van der Waals surface area (Å²) in [5.41, 5.74) is -0.493. The second kappa shape index (κ2) is 4.85. The molecule has 92 valence electrons. The molecule has 0 aromatic rings. The summed E-state index contributed by atoms with van der Waals surface area (Å²) in [5.74, 6) is -1.67. The molecule has 4 nitrogen and oxygen atoms in total. The summed E-state index contributed by atoms with van der Waals surface area (Å²) in [4.78, 5) is 22.6. The number of hydrogen-bond donors (Lipinski definition) is 1. The summed E-state index contributed by atoms with van der Waals surface area (Å²) in [5, 5.41) is 8.92. The number of carboxylic acid groups (broad SMARTS) is 1. The van der Waals surface area contributed by atoms with Crippen LogP contribution in [0.1, 0.15) is 46.5 Å². The lowest BCUT2D eigenvalue weighted by Crippen LogP contribution is -2.33. The van der Waals surface area contributed by atoms with E-state index < -0.39 is 11.6 Å². The Bertz CT molecular complexity index is 277. The maximum absolute atomic E-state index is 11.8. The lowest BCUT2D eigenvalue weighted by Gasteiger charge is -2.28. The van der Waals surface area contributed by atoms with Gasteiger partial charge in [-0.05, 0) is 40.0 Å². The smallest absolute Gasteiger partial charge is 0.309 e. The molecule has 1 aliphatic rings. The van der Waals surface area contributed by atoms with Crippen molar-refractivity contribution in [2.45, 2.75) is 52.1 Å². The van der Waals surface area contributed by atoms with Crippen molar-refractivity contribution < 1.29 is 19.4 Å². The van der Waals surface area contributed by atoms with Gasteiger partial charge in [0.25, 0.3) is 0 Å². The maximum atomic E-state index is 11.8. The number of hydrogen-bond acceptors (Lipinski definition) is 3. The number of carbonyl (C=O) groups excluding carboxylic acids is 1. The van der Waals surface area contributed by atoms with Gasteiger partial charge in [-0.1, -0.05) is 6.42 Å². The molecule has 0 aromatic heterocycles. The molecule has 4 heteroatoms. The average Bonchev–Trinajstić information content (AvgIpc) is 2.15. The molecular formula is C12H20O4. The van der Waals surface area contributed by atoms with Gasteiger partial charge in [0.05, 0.1) is 11.8 Å². The van der Waals surface area contributed by atoms with Crippen molar-refractivity contribution in [3.63, 3.8) is 0 Å². The number of ether oxygens (including phenoxy) is 1. The Kier molecular flexibility index (Phi) is 3.94. The SMILES string of the molecule is CC(C)(C)OC(=O)[C@H]1CCC[C@@H](C(=O)O)C1. The summed E-state index contributed by atoms with van der Waals surface area (Å²) >= 11 is 0. The van der Waals surface area contributed by atoms with Gasteiger partial charge in [-0.2, -0.15) is 0 Å². The lowest BCUT2D eigenvalue weighted by molar-refractivity contribution is -0.162. The molecule has 1 saturated carbocycles. The number of carbonyl (C=O) groups is 2. The molecule has 0 aromatic carbocycles. The second-order valence-corrected chi connectivity index (χ2v) is 5.43. The molecule has 0 radical (unpaired) electrons. The molecule has 1 N–H and O–H groups in total. The zero-order valence-electron chi connectivity index (χ0n) is 10.2. The van der Waals surface area contributed by atoms with Crippen molar-refractivity contribution in [3.8, 4) is 0 Å². The van der Waals surface area contributed by atoms with E-state index in [2.05, 4.69) is 0 Å². The topological polar surface area (TPSA) is 63.6 Å². The number of aliphatic carboxylic acids is 1. The van der Waals surface area contributed by atoms with E-state index in [0.717, 1.165) is 12.8 Å². The minimum atomic E-state index is -0.798. The number of esters is 1. The first-order valence-electron chi connectivity index (χ1n) is 5.75. The Morgan fingerprint density at radius 1 is 1.19 bits per heavy atom. The Labute approximate surface area is 96.0 Å². The number of rotatable bonds is 2. The quantitative estimate of drug-likeness (QED) is 0.736. The third-order valence-electron chi connectivity index (χ3n) is 2.76. The minimum absolute atomic E-state index is 0.242. The van der Waals surface area contributed by atoms with Crippen molar-refractivity contribution >= 4 is 11.9 Å². The van der Waals surface area contributed by atoms with Crippen LogP contribution in [0.3, 0.4) is 0 Å². The molecular weight excluding hydrogens is 208 g/mol. The van der Waals surface area contributed by atoms with Crippen LogP contribution in [0, 0.1) is 11.8 Å². The molecule has 0 bridgehead atoms. The second-order valence-electron chi connectivity index (χ2n) is 5.43. The first-order chi connectivity index (χ1) is 7.29. The van der Waals surface area contributed by atoms with E-state index in [9.17, 15) is 9.59 Å². The molecule has 1 rings (SSSR count). The standard InChI is InChI=1S/C12H20O4/c1-12(2,3)16-11(15)9-6-4-5-8(7-9)10(13)14/h8-9H,4-7H2,1-3H3,(H,13,14)/t8-,9+/m1/s1.